The molecule has 0 spiro atoms. The zero-order valence-corrected chi connectivity index (χ0v) is 11.7. The zero-order chi connectivity index (χ0) is 13.0. The Morgan fingerprint density at radius 1 is 0.947 bits per heavy atom. The fraction of sp³-hybridized carbons (Fsp3) is 0.0588. The highest BCUT2D eigenvalue weighted by Gasteiger charge is 2.23. The number of phenols is 1. The first-order valence-electron chi connectivity index (χ1n) is 6.27. The maximum Gasteiger partial charge on any atom is 0.123 e. The fourth-order valence-electron chi connectivity index (χ4n) is 3.04. The highest BCUT2D eigenvalue weighted by atomic mass is 79.9. The number of phenolic OH excluding ortho intramolecular Hbond substituents is 1. The van der Waals surface area contributed by atoms with Gasteiger partial charge in [-0.25, -0.2) is 0 Å². The summed E-state index contributed by atoms with van der Waals surface area (Å²) in [5.74, 6) is 0.364. The summed E-state index contributed by atoms with van der Waals surface area (Å²) in [6.45, 7) is 0. The normalized spacial score (nSPS) is 12.5. The van der Waals surface area contributed by atoms with Gasteiger partial charge in [-0.15, -0.1) is 0 Å². The molecule has 0 amide bonds. The molecule has 1 aliphatic rings. The van der Waals surface area contributed by atoms with Gasteiger partial charge in [0.2, 0.25) is 0 Å². The van der Waals surface area contributed by atoms with Crippen LogP contribution < -0.4 is 0 Å². The van der Waals surface area contributed by atoms with Crippen molar-refractivity contribution in [1.82, 2.24) is 0 Å². The highest BCUT2D eigenvalue weighted by molar-refractivity contribution is 9.10. The second-order valence-corrected chi connectivity index (χ2v) is 5.78. The second kappa shape index (κ2) is 3.84. The van der Waals surface area contributed by atoms with Crippen molar-refractivity contribution in [2.75, 3.05) is 0 Å². The van der Waals surface area contributed by atoms with Crippen LogP contribution in [0, 0.1) is 0 Å². The molecule has 1 N–H and O–H groups in total. The van der Waals surface area contributed by atoms with Crippen molar-refractivity contribution in [3.8, 4) is 16.9 Å². The first-order chi connectivity index (χ1) is 9.25. The fourth-order valence-corrected chi connectivity index (χ4v) is 3.60. The quantitative estimate of drug-likeness (QED) is 0.491. The minimum atomic E-state index is 0.364. The van der Waals surface area contributed by atoms with E-state index in [2.05, 4.69) is 40.2 Å². The Kier molecular flexibility index (Phi) is 2.24. The van der Waals surface area contributed by atoms with Crippen LogP contribution in [0.5, 0.6) is 5.75 Å². The standard InChI is InChI=1S/C17H11BrO/c18-14-7-3-6-13-15(19)9-11-8-10-4-1-2-5-12(10)16(11)17(13)14/h1-7,9,19H,8H2. The summed E-state index contributed by atoms with van der Waals surface area (Å²) in [5, 5.41) is 12.2. The van der Waals surface area contributed by atoms with E-state index >= 15 is 0 Å². The summed E-state index contributed by atoms with van der Waals surface area (Å²) >= 11 is 3.63. The number of aromatic hydroxyl groups is 1. The van der Waals surface area contributed by atoms with Gasteiger partial charge in [0, 0.05) is 15.2 Å². The number of halogens is 1. The SMILES string of the molecule is Oc1cc2c(c3c(Br)cccc13)-c1ccccc1C2. The molecule has 3 aromatic rings. The van der Waals surface area contributed by atoms with Gasteiger partial charge < -0.3 is 5.11 Å². The molecule has 0 aliphatic heterocycles. The molecule has 0 radical (unpaired) electrons. The maximum absolute atomic E-state index is 10.2. The van der Waals surface area contributed by atoms with Crippen molar-refractivity contribution in [3.63, 3.8) is 0 Å². The number of hydrogen-bond donors (Lipinski definition) is 1. The molecule has 0 atom stereocenters. The van der Waals surface area contributed by atoms with Crippen molar-refractivity contribution >= 4 is 26.7 Å². The number of benzene rings is 3. The largest absolute Gasteiger partial charge is 0.507 e. The van der Waals surface area contributed by atoms with Gasteiger partial charge in [-0.3, -0.25) is 0 Å². The average molecular weight is 311 g/mol. The third kappa shape index (κ3) is 1.47. The van der Waals surface area contributed by atoms with E-state index in [1.165, 1.54) is 22.3 Å². The Morgan fingerprint density at radius 2 is 1.79 bits per heavy atom. The van der Waals surface area contributed by atoms with E-state index in [4.69, 9.17) is 0 Å². The molecule has 19 heavy (non-hydrogen) atoms. The van der Waals surface area contributed by atoms with Gasteiger partial charge in [0.05, 0.1) is 0 Å². The Labute approximate surface area is 119 Å². The topological polar surface area (TPSA) is 20.2 Å². The first-order valence-corrected chi connectivity index (χ1v) is 7.06. The molecule has 1 aliphatic carbocycles. The van der Waals surface area contributed by atoms with Gasteiger partial charge in [-0.05, 0) is 40.8 Å². The van der Waals surface area contributed by atoms with Gasteiger partial charge in [0.15, 0.2) is 0 Å². The zero-order valence-electron chi connectivity index (χ0n) is 10.2. The van der Waals surface area contributed by atoms with Gasteiger partial charge in [-0.1, -0.05) is 52.3 Å². The van der Waals surface area contributed by atoms with Crippen LogP contribution in [0.1, 0.15) is 11.1 Å². The Bertz CT molecular complexity index is 821. The summed E-state index contributed by atoms with van der Waals surface area (Å²) < 4.78 is 1.04. The maximum atomic E-state index is 10.2. The molecule has 0 heterocycles. The smallest absolute Gasteiger partial charge is 0.123 e. The van der Waals surface area contributed by atoms with E-state index in [9.17, 15) is 5.11 Å². The van der Waals surface area contributed by atoms with E-state index in [1.54, 1.807) is 0 Å². The number of fused-ring (bicyclic) bond motifs is 5. The van der Waals surface area contributed by atoms with Gasteiger partial charge in [0.1, 0.15) is 5.75 Å². The number of rotatable bonds is 0. The second-order valence-electron chi connectivity index (χ2n) is 4.93. The molecule has 0 fully saturated rings. The molecule has 0 unspecified atom stereocenters. The molecule has 0 saturated carbocycles. The third-order valence-electron chi connectivity index (χ3n) is 3.84. The van der Waals surface area contributed by atoms with Crippen LogP contribution in [0.4, 0.5) is 0 Å². The van der Waals surface area contributed by atoms with Crippen molar-refractivity contribution in [1.29, 1.82) is 0 Å². The van der Waals surface area contributed by atoms with E-state index in [0.29, 0.717) is 5.75 Å². The van der Waals surface area contributed by atoms with Gasteiger partial charge in [-0.2, -0.15) is 0 Å². The Morgan fingerprint density at radius 3 is 2.68 bits per heavy atom. The minimum Gasteiger partial charge on any atom is -0.507 e. The lowest BCUT2D eigenvalue weighted by Gasteiger charge is -2.10. The van der Waals surface area contributed by atoms with Crippen LogP contribution in [0.25, 0.3) is 21.9 Å². The first kappa shape index (κ1) is 11.1. The van der Waals surface area contributed by atoms with Gasteiger partial charge in [0.25, 0.3) is 0 Å². The van der Waals surface area contributed by atoms with Crippen molar-refractivity contribution in [2.24, 2.45) is 0 Å². The molecule has 3 aromatic carbocycles. The highest BCUT2D eigenvalue weighted by Crippen LogP contribution is 2.46. The monoisotopic (exact) mass is 310 g/mol. The lowest BCUT2D eigenvalue weighted by Crippen LogP contribution is -1.85. The molecular weight excluding hydrogens is 300 g/mol. The van der Waals surface area contributed by atoms with Crippen LogP contribution in [0.15, 0.2) is 53.0 Å². The van der Waals surface area contributed by atoms with Crippen LogP contribution >= 0.6 is 15.9 Å². The summed E-state index contributed by atoms with van der Waals surface area (Å²) in [6.07, 6.45) is 0.899. The van der Waals surface area contributed by atoms with E-state index in [-0.39, 0.29) is 0 Å². The predicted molar refractivity (Wildman–Crippen MR) is 81.6 cm³/mol. The molecule has 2 heteroatoms. The molecule has 0 saturated heterocycles. The van der Waals surface area contributed by atoms with E-state index in [0.717, 1.165) is 21.7 Å². The summed E-state index contributed by atoms with van der Waals surface area (Å²) in [5.41, 5.74) is 5.09. The molecule has 92 valence electrons. The molecule has 1 nitrogen and oxygen atoms in total. The van der Waals surface area contributed by atoms with E-state index in [1.807, 2.05) is 24.3 Å². The molecule has 0 aromatic heterocycles. The van der Waals surface area contributed by atoms with Crippen LogP contribution in [-0.2, 0) is 6.42 Å². The predicted octanol–water partition coefficient (Wildman–Crippen LogP) is 4.88. The van der Waals surface area contributed by atoms with Crippen LogP contribution in [0.2, 0.25) is 0 Å². The average Bonchev–Trinajstić information content (AvgIpc) is 2.77. The Balaban J connectivity index is 2.22. The Hall–Kier alpha value is -1.80. The van der Waals surface area contributed by atoms with Crippen molar-refractivity contribution < 1.29 is 5.11 Å². The van der Waals surface area contributed by atoms with E-state index < -0.39 is 0 Å². The van der Waals surface area contributed by atoms with Crippen LogP contribution in [0.3, 0.4) is 0 Å². The number of hydrogen-bond acceptors (Lipinski definition) is 1. The van der Waals surface area contributed by atoms with Crippen LogP contribution in [-0.4, -0.2) is 5.11 Å². The summed E-state index contributed by atoms with van der Waals surface area (Å²) in [4.78, 5) is 0. The third-order valence-corrected chi connectivity index (χ3v) is 4.50. The minimum absolute atomic E-state index is 0.364. The molecule has 0 bridgehead atoms. The summed E-state index contributed by atoms with van der Waals surface area (Å²) in [7, 11) is 0. The molecular formula is C17H11BrO. The lowest BCUT2D eigenvalue weighted by molar-refractivity contribution is 0.481. The van der Waals surface area contributed by atoms with Gasteiger partial charge >= 0.3 is 0 Å². The summed E-state index contributed by atoms with van der Waals surface area (Å²) in [6, 6.07) is 16.3. The molecule has 4 rings (SSSR count). The van der Waals surface area contributed by atoms with Crippen molar-refractivity contribution in [2.45, 2.75) is 6.42 Å². The van der Waals surface area contributed by atoms with Crippen molar-refractivity contribution in [3.05, 3.63) is 64.1 Å². The lowest BCUT2D eigenvalue weighted by atomic mass is 9.97.